The number of halogens is 1. The van der Waals surface area contributed by atoms with Crippen molar-refractivity contribution in [1.29, 1.82) is 0 Å². The molecule has 0 saturated carbocycles. The van der Waals surface area contributed by atoms with Crippen molar-refractivity contribution >= 4 is 0 Å². The molecule has 0 aliphatic rings. The molecule has 0 heterocycles. The zero-order valence-electron chi connectivity index (χ0n) is 9.33. The Hall–Kier alpha value is -1.63. The van der Waals surface area contributed by atoms with E-state index >= 15 is 0 Å². The highest BCUT2D eigenvalue weighted by atomic mass is 19.1. The van der Waals surface area contributed by atoms with Gasteiger partial charge in [0, 0.05) is 5.56 Å². The van der Waals surface area contributed by atoms with Crippen LogP contribution in [0.2, 0.25) is 0 Å². The first-order chi connectivity index (χ1) is 7.81. The molecule has 0 amide bonds. The number of aryl methyl sites for hydroxylation is 1. The van der Waals surface area contributed by atoms with Crippen LogP contribution in [0.1, 0.15) is 18.9 Å². The van der Waals surface area contributed by atoms with Crippen LogP contribution in [-0.4, -0.2) is 0 Å². The Kier molecular flexibility index (Phi) is 3.35. The average Bonchev–Trinajstić information content (AvgIpc) is 2.31. The van der Waals surface area contributed by atoms with Crippen LogP contribution in [0.25, 0.3) is 11.1 Å². The SMILES string of the molecule is CCCc1ccc(-c2[c]cccc2F)cc1. The molecule has 0 bridgehead atoms. The molecule has 2 aromatic rings. The highest BCUT2D eigenvalue weighted by molar-refractivity contribution is 5.63. The van der Waals surface area contributed by atoms with Crippen LogP contribution in [0, 0.1) is 11.9 Å². The van der Waals surface area contributed by atoms with Crippen molar-refractivity contribution in [2.24, 2.45) is 0 Å². The zero-order chi connectivity index (χ0) is 11.4. The topological polar surface area (TPSA) is 0 Å². The second kappa shape index (κ2) is 4.93. The van der Waals surface area contributed by atoms with Gasteiger partial charge in [-0.05, 0) is 29.7 Å². The Morgan fingerprint density at radius 1 is 1.12 bits per heavy atom. The van der Waals surface area contributed by atoms with Crippen LogP contribution >= 0.6 is 0 Å². The van der Waals surface area contributed by atoms with E-state index in [1.54, 1.807) is 12.1 Å². The van der Waals surface area contributed by atoms with Crippen LogP contribution in [-0.2, 0) is 6.42 Å². The fourth-order valence-corrected chi connectivity index (χ4v) is 1.76. The van der Waals surface area contributed by atoms with Gasteiger partial charge in [-0.2, -0.15) is 0 Å². The van der Waals surface area contributed by atoms with Gasteiger partial charge in [0.1, 0.15) is 5.82 Å². The summed E-state index contributed by atoms with van der Waals surface area (Å²) in [5, 5.41) is 0. The van der Waals surface area contributed by atoms with Crippen LogP contribution < -0.4 is 0 Å². The van der Waals surface area contributed by atoms with E-state index in [9.17, 15) is 4.39 Å². The van der Waals surface area contributed by atoms with E-state index in [2.05, 4.69) is 25.1 Å². The first-order valence-corrected chi connectivity index (χ1v) is 5.57. The fraction of sp³-hybridized carbons (Fsp3) is 0.200. The lowest BCUT2D eigenvalue weighted by molar-refractivity contribution is 0.631. The van der Waals surface area contributed by atoms with Gasteiger partial charge in [0.25, 0.3) is 0 Å². The van der Waals surface area contributed by atoms with Crippen molar-refractivity contribution in [3.8, 4) is 11.1 Å². The molecule has 0 aromatic heterocycles. The lowest BCUT2D eigenvalue weighted by Crippen LogP contribution is -1.86. The fourth-order valence-electron chi connectivity index (χ4n) is 1.76. The summed E-state index contributed by atoms with van der Waals surface area (Å²) in [7, 11) is 0. The quantitative estimate of drug-likeness (QED) is 0.715. The van der Waals surface area contributed by atoms with Crippen molar-refractivity contribution in [1.82, 2.24) is 0 Å². The van der Waals surface area contributed by atoms with Gasteiger partial charge in [-0.1, -0.05) is 49.7 Å². The first kappa shape index (κ1) is 10.9. The molecular formula is C15H14F. The van der Waals surface area contributed by atoms with E-state index in [0.29, 0.717) is 5.56 Å². The average molecular weight is 213 g/mol. The van der Waals surface area contributed by atoms with Crippen molar-refractivity contribution < 1.29 is 4.39 Å². The standard InChI is InChI=1S/C15H14F/c1-2-5-12-8-10-13(11-9-12)14-6-3-4-7-15(14)16/h3-4,7-11H,2,5H2,1H3. The Bertz CT molecular complexity index is 457. The molecule has 1 heteroatoms. The van der Waals surface area contributed by atoms with Crippen LogP contribution in [0.3, 0.4) is 0 Å². The third-order valence-electron chi connectivity index (χ3n) is 2.59. The minimum atomic E-state index is -0.217. The smallest absolute Gasteiger partial charge is 0.131 e. The summed E-state index contributed by atoms with van der Waals surface area (Å²) >= 11 is 0. The minimum Gasteiger partial charge on any atom is -0.206 e. The molecule has 81 valence electrons. The predicted octanol–water partition coefficient (Wildman–Crippen LogP) is 4.25. The molecule has 1 radical (unpaired) electrons. The molecule has 0 unspecified atom stereocenters. The maximum atomic E-state index is 13.5. The Morgan fingerprint density at radius 2 is 1.88 bits per heavy atom. The van der Waals surface area contributed by atoms with Gasteiger partial charge in [-0.15, -0.1) is 0 Å². The summed E-state index contributed by atoms with van der Waals surface area (Å²) < 4.78 is 13.5. The van der Waals surface area contributed by atoms with E-state index in [0.717, 1.165) is 18.4 Å². The largest absolute Gasteiger partial charge is 0.206 e. The Balaban J connectivity index is 2.31. The molecule has 16 heavy (non-hydrogen) atoms. The molecule has 0 saturated heterocycles. The molecular weight excluding hydrogens is 199 g/mol. The highest BCUT2D eigenvalue weighted by Gasteiger charge is 2.03. The number of benzene rings is 2. The van der Waals surface area contributed by atoms with E-state index in [4.69, 9.17) is 0 Å². The van der Waals surface area contributed by atoms with Crippen LogP contribution in [0.15, 0.2) is 42.5 Å². The normalized spacial score (nSPS) is 10.4. The number of hydrogen-bond acceptors (Lipinski definition) is 0. The third kappa shape index (κ3) is 2.30. The van der Waals surface area contributed by atoms with Crippen molar-refractivity contribution in [3.63, 3.8) is 0 Å². The van der Waals surface area contributed by atoms with Crippen molar-refractivity contribution in [2.45, 2.75) is 19.8 Å². The lowest BCUT2D eigenvalue weighted by atomic mass is 10.0. The van der Waals surface area contributed by atoms with Gasteiger partial charge in [-0.25, -0.2) is 4.39 Å². The molecule has 2 rings (SSSR count). The van der Waals surface area contributed by atoms with E-state index in [1.807, 2.05) is 12.1 Å². The van der Waals surface area contributed by atoms with Crippen LogP contribution in [0.5, 0.6) is 0 Å². The van der Waals surface area contributed by atoms with Gasteiger partial charge in [0.2, 0.25) is 0 Å². The Labute approximate surface area is 95.7 Å². The summed E-state index contributed by atoms with van der Waals surface area (Å²) in [5.41, 5.74) is 2.73. The molecule has 0 atom stereocenters. The lowest BCUT2D eigenvalue weighted by Gasteiger charge is -2.04. The molecule has 2 aromatic carbocycles. The second-order valence-electron chi connectivity index (χ2n) is 3.84. The molecule has 0 nitrogen and oxygen atoms in total. The van der Waals surface area contributed by atoms with Crippen LogP contribution in [0.4, 0.5) is 4.39 Å². The summed E-state index contributed by atoms with van der Waals surface area (Å²) in [4.78, 5) is 0. The minimum absolute atomic E-state index is 0.217. The molecule has 0 aliphatic carbocycles. The maximum Gasteiger partial charge on any atom is 0.131 e. The van der Waals surface area contributed by atoms with E-state index in [1.165, 1.54) is 11.6 Å². The van der Waals surface area contributed by atoms with Gasteiger partial charge in [0.15, 0.2) is 0 Å². The monoisotopic (exact) mass is 213 g/mol. The van der Waals surface area contributed by atoms with Crippen molar-refractivity contribution in [2.75, 3.05) is 0 Å². The molecule has 0 fully saturated rings. The summed E-state index contributed by atoms with van der Waals surface area (Å²) in [5.74, 6) is -0.217. The number of hydrogen-bond donors (Lipinski definition) is 0. The summed E-state index contributed by atoms with van der Waals surface area (Å²) in [6.45, 7) is 2.15. The maximum absolute atomic E-state index is 13.5. The van der Waals surface area contributed by atoms with Gasteiger partial charge in [0.05, 0.1) is 0 Å². The molecule has 0 N–H and O–H groups in total. The summed E-state index contributed by atoms with van der Waals surface area (Å²) in [6.07, 6.45) is 2.20. The third-order valence-corrected chi connectivity index (χ3v) is 2.59. The predicted molar refractivity (Wildman–Crippen MR) is 64.7 cm³/mol. The van der Waals surface area contributed by atoms with E-state index < -0.39 is 0 Å². The summed E-state index contributed by atoms with van der Waals surface area (Å²) in [6, 6.07) is 15.8. The van der Waals surface area contributed by atoms with Crippen molar-refractivity contribution in [3.05, 3.63) is 59.9 Å². The highest BCUT2D eigenvalue weighted by Crippen LogP contribution is 2.22. The second-order valence-corrected chi connectivity index (χ2v) is 3.84. The first-order valence-electron chi connectivity index (χ1n) is 5.57. The van der Waals surface area contributed by atoms with Gasteiger partial charge >= 0.3 is 0 Å². The number of rotatable bonds is 3. The van der Waals surface area contributed by atoms with Gasteiger partial charge in [-0.3, -0.25) is 0 Å². The molecule has 0 aliphatic heterocycles. The van der Waals surface area contributed by atoms with Gasteiger partial charge < -0.3 is 0 Å². The Morgan fingerprint density at radius 3 is 2.50 bits per heavy atom. The van der Waals surface area contributed by atoms with E-state index in [-0.39, 0.29) is 5.82 Å². The molecule has 0 spiro atoms. The zero-order valence-corrected chi connectivity index (χ0v) is 9.33.